The van der Waals surface area contributed by atoms with Crippen LogP contribution in [0.1, 0.15) is 62.7 Å². The van der Waals surface area contributed by atoms with Crippen molar-refractivity contribution in [3.8, 4) is 0 Å². The number of sulfonamides is 1. The highest BCUT2D eigenvalue weighted by Gasteiger charge is 2.25. The molecular formula is C19H31N3O3S. The van der Waals surface area contributed by atoms with Crippen LogP contribution in [0, 0.1) is 0 Å². The van der Waals surface area contributed by atoms with Crippen LogP contribution in [0.15, 0.2) is 23.1 Å². The molecule has 0 atom stereocenters. The lowest BCUT2D eigenvalue weighted by Crippen LogP contribution is -2.29. The van der Waals surface area contributed by atoms with E-state index < -0.39 is 10.0 Å². The third-order valence-electron chi connectivity index (χ3n) is 4.57. The molecule has 0 unspecified atom stereocenters. The average molecular weight is 382 g/mol. The first-order valence-corrected chi connectivity index (χ1v) is 11.1. The smallest absolute Gasteiger partial charge is 0.251 e. The molecular weight excluding hydrogens is 350 g/mol. The molecule has 0 aliphatic carbocycles. The second-order valence-corrected chi connectivity index (χ2v) is 8.47. The number of rotatable bonds is 10. The lowest BCUT2D eigenvalue weighted by Gasteiger charge is -2.22. The van der Waals surface area contributed by atoms with Gasteiger partial charge in [0.25, 0.3) is 5.91 Å². The first-order valence-electron chi connectivity index (χ1n) is 9.66. The first-order chi connectivity index (χ1) is 12.5. The van der Waals surface area contributed by atoms with E-state index in [1.165, 1.54) is 6.07 Å². The van der Waals surface area contributed by atoms with E-state index in [1.54, 1.807) is 12.1 Å². The minimum absolute atomic E-state index is 0.203. The molecule has 1 amide bonds. The second-order valence-electron chi connectivity index (χ2n) is 6.74. The standard InChI is InChI=1S/C19H31N3O3S/c1-3-5-6-12-20-19(23)16-9-10-17(22-13-7-8-14-22)18(15-16)26(24,25)21-11-4-2/h9-10,15,21H,3-8,11-14H2,1-2H3,(H,20,23). The molecule has 26 heavy (non-hydrogen) atoms. The fraction of sp³-hybridized carbons (Fsp3) is 0.632. The number of amides is 1. The van der Waals surface area contributed by atoms with Gasteiger partial charge < -0.3 is 10.2 Å². The minimum atomic E-state index is -3.65. The topological polar surface area (TPSA) is 78.5 Å². The number of anilines is 1. The summed E-state index contributed by atoms with van der Waals surface area (Å²) < 4.78 is 28.2. The van der Waals surface area contributed by atoms with Gasteiger partial charge in [-0.2, -0.15) is 0 Å². The van der Waals surface area contributed by atoms with Crippen LogP contribution in [0.2, 0.25) is 0 Å². The SMILES string of the molecule is CCCCCNC(=O)c1ccc(N2CCCC2)c(S(=O)(=O)NCCC)c1. The monoisotopic (exact) mass is 381 g/mol. The Morgan fingerprint density at radius 1 is 1.08 bits per heavy atom. The average Bonchev–Trinajstić information content (AvgIpc) is 3.17. The van der Waals surface area contributed by atoms with Crippen LogP contribution < -0.4 is 14.9 Å². The number of hydrogen-bond donors (Lipinski definition) is 2. The Labute approximate surface area is 157 Å². The number of benzene rings is 1. The second kappa shape index (κ2) is 9.92. The molecule has 0 aromatic heterocycles. The van der Waals surface area contributed by atoms with Gasteiger partial charge in [-0.3, -0.25) is 4.79 Å². The van der Waals surface area contributed by atoms with Crippen LogP contribution in [0.25, 0.3) is 0 Å². The van der Waals surface area contributed by atoms with Crippen molar-refractivity contribution in [1.29, 1.82) is 0 Å². The van der Waals surface area contributed by atoms with Gasteiger partial charge in [-0.25, -0.2) is 13.1 Å². The van der Waals surface area contributed by atoms with E-state index in [0.717, 1.165) is 51.6 Å². The van der Waals surface area contributed by atoms with Crippen molar-refractivity contribution in [2.24, 2.45) is 0 Å². The number of hydrogen-bond acceptors (Lipinski definition) is 4. The molecule has 0 bridgehead atoms. The van der Waals surface area contributed by atoms with E-state index in [9.17, 15) is 13.2 Å². The van der Waals surface area contributed by atoms with Crippen molar-refractivity contribution in [2.45, 2.75) is 57.3 Å². The molecule has 1 heterocycles. The summed E-state index contributed by atoms with van der Waals surface area (Å²) in [7, 11) is -3.65. The Bertz CT molecular complexity index is 698. The third-order valence-corrected chi connectivity index (χ3v) is 6.06. The highest BCUT2D eigenvalue weighted by Crippen LogP contribution is 2.29. The summed E-state index contributed by atoms with van der Waals surface area (Å²) in [4.78, 5) is 14.7. The minimum Gasteiger partial charge on any atom is -0.370 e. The zero-order valence-corrected chi connectivity index (χ0v) is 16.7. The predicted octanol–water partition coefficient (Wildman–Crippen LogP) is 2.90. The maximum absolute atomic E-state index is 12.8. The van der Waals surface area contributed by atoms with Crippen molar-refractivity contribution in [3.63, 3.8) is 0 Å². The van der Waals surface area contributed by atoms with E-state index in [0.29, 0.717) is 24.3 Å². The van der Waals surface area contributed by atoms with E-state index >= 15 is 0 Å². The molecule has 1 fully saturated rings. The van der Waals surface area contributed by atoms with Crippen molar-refractivity contribution < 1.29 is 13.2 Å². The van der Waals surface area contributed by atoms with Crippen LogP contribution in [0.5, 0.6) is 0 Å². The molecule has 146 valence electrons. The molecule has 1 aromatic rings. The van der Waals surface area contributed by atoms with Crippen molar-refractivity contribution >= 4 is 21.6 Å². The third kappa shape index (κ3) is 5.45. The van der Waals surface area contributed by atoms with E-state index in [1.807, 2.05) is 6.92 Å². The zero-order chi connectivity index (χ0) is 19.0. The Morgan fingerprint density at radius 3 is 2.46 bits per heavy atom. The first kappa shape index (κ1) is 20.7. The quantitative estimate of drug-likeness (QED) is 0.611. The van der Waals surface area contributed by atoms with Gasteiger partial charge >= 0.3 is 0 Å². The largest absolute Gasteiger partial charge is 0.370 e. The number of carbonyl (C=O) groups is 1. The summed E-state index contributed by atoms with van der Waals surface area (Å²) in [5, 5.41) is 2.88. The predicted molar refractivity (Wildman–Crippen MR) is 105 cm³/mol. The number of nitrogens with one attached hydrogen (secondary N) is 2. The molecule has 1 saturated heterocycles. The summed E-state index contributed by atoms with van der Waals surface area (Å²) in [5.74, 6) is -0.221. The Kier molecular flexibility index (Phi) is 7.90. The maximum atomic E-state index is 12.8. The highest BCUT2D eigenvalue weighted by molar-refractivity contribution is 7.89. The van der Waals surface area contributed by atoms with Crippen molar-refractivity contribution in [2.75, 3.05) is 31.1 Å². The van der Waals surface area contributed by atoms with Gasteiger partial charge in [0.05, 0.1) is 5.69 Å². The van der Waals surface area contributed by atoms with Gasteiger partial charge in [-0.05, 0) is 43.9 Å². The van der Waals surface area contributed by atoms with E-state index in [-0.39, 0.29) is 10.8 Å². The van der Waals surface area contributed by atoms with Crippen molar-refractivity contribution in [1.82, 2.24) is 10.0 Å². The van der Waals surface area contributed by atoms with Crippen LogP contribution in [0.4, 0.5) is 5.69 Å². The van der Waals surface area contributed by atoms with Crippen LogP contribution in [-0.2, 0) is 10.0 Å². The molecule has 1 aliphatic heterocycles. The summed E-state index contributed by atoms with van der Waals surface area (Å²) >= 11 is 0. The van der Waals surface area contributed by atoms with Gasteiger partial charge in [0.2, 0.25) is 10.0 Å². The lowest BCUT2D eigenvalue weighted by molar-refractivity contribution is 0.0953. The van der Waals surface area contributed by atoms with Crippen LogP contribution in [0.3, 0.4) is 0 Å². The number of nitrogens with zero attached hydrogens (tertiary/aromatic N) is 1. The van der Waals surface area contributed by atoms with Crippen molar-refractivity contribution in [3.05, 3.63) is 23.8 Å². The van der Waals surface area contributed by atoms with E-state index in [4.69, 9.17) is 0 Å². The Balaban J connectivity index is 2.26. The number of carbonyl (C=O) groups excluding carboxylic acids is 1. The lowest BCUT2D eigenvalue weighted by atomic mass is 10.1. The summed E-state index contributed by atoms with van der Waals surface area (Å²) in [5.41, 5.74) is 1.08. The van der Waals surface area contributed by atoms with Crippen LogP contribution in [-0.4, -0.2) is 40.5 Å². The molecule has 1 aliphatic rings. The Morgan fingerprint density at radius 2 is 1.81 bits per heavy atom. The van der Waals surface area contributed by atoms with E-state index in [2.05, 4.69) is 21.9 Å². The van der Waals surface area contributed by atoms with Gasteiger partial charge in [0.15, 0.2) is 0 Å². The van der Waals surface area contributed by atoms with Crippen LogP contribution >= 0.6 is 0 Å². The molecule has 1 aromatic carbocycles. The molecule has 0 saturated carbocycles. The summed E-state index contributed by atoms with van der Waals surface area (Å²) in [6.45, 7) is 6.72. The summed E-state index contributed by atoms with van der Waals surface area (Å²) in [6.07, 6.45) is 5.91. The van der Waals surface area contributed by atoms with Gasteiger partial charge in [0, 0.05) is 31.7 Å². The maximum Gasteiger partial charge on any atom is 0.251 e. The van der Waals surface area contributed by atoms with Gasteiger partial charge in [0.1, 0.15) is 4.90 Å². The zero-order valence-electron chi connectivity index (χ0n) is 15.9. The fourth-order valence-corrected chi connectivity index (χ4v) is 4.47. The normalized spacial score (nSPS) is 14.6. The molecule has 0 spiro atoms. The number of unbranched alkanes of at least 4 members (excludes halogenated alkanes) is 2. The molecule has 6 nitrogen and oxygen atoms in total. The molecule has 2 N–H and O–H groups in total. The van der Waals surface area contributed by atoms with Gasteiger partial charge in [-0.15, -0.1) is 0 Å². The highest BCUT2D eigenvalue weighted by atomic mass is 32.2. The molecule has 7 heteroatoms. The summed E-state index contributed by atoms with van der Waals surface area (Å²) in [6, 6.07) is 5.01. The molecule has 2 rings (SSSR count). The Hall–Kier alpha value is -1.60. The van der Waals surface area contributed by atoms with Gasteiger partial charge in [-0.1, -0.05) is 26.7 Å². The molecule has 0 radical (unpaired) electrons. The fourth-order valence-electron chi connectivity index (χ4n) is 3.08.